The van der Waals surface area contributed by atoms with Crippen molar-refractivity contribution in [1.82, 2.24) is 0 Å². The number of benzene rings is 4. The van der Waals surface area contributed by atoms with Gasteiger partial charge in [0.15, 0.2) is 23.1 Å². The fourth-order valence-electron chi connectivity index (χ4n) is 6.88. The Bertz CT molecular complexity index is 2230. The molecule has 4 aliphatic carbocycles. The van der Waals surface area contributed by atoms with Crippen molar-refractivity contribution in [3.8, 4) is 23.3 Å². The van der Waals surface area contributed by atoms with Crippen LogP contribution in [-0.4, -0.2) is 50.0 Å². The SMILES string of the molecule is COc1ccc2c(c1)C(=O)CCC2.CS(=O)(=O)Oc1ccc2c(c1)C(=O)CCC2.N#Cc1ccc2c(c1)C(=O)CCC2.O=C1CCCc2ccc(O)cc21. The van der Waals surface area contributed by atoms with E-state index in [1.165, 1.54) is 6.07 Å². The van der Waals surface area contributed by atoms with E-state index in [1.54, 1.807) is 43.5 Å². The standard InChI is InChI=1S/C11H9NO.C11H12O4S.C11H12O2.C10H10O2/c12-7-8-4-5-9-2-1-3-11(13)10(9)6-8;1-16(13,14)15-9-6-5-8-3-2-4-11(12)10(8)7-9;1-13-9-6-5-8-3-2-4-11(12)10(8)7-9;11-8-5-4-7-2-1-3-10(12)9(7)6-8/h4-6H,1-3H2;5-7H,2-4H2,1H3;5-7H,2-4H2,1H3;4-6,11H,1-3H2. The number of fused-ring (bicyclic) bond motifs is 4. The third kappa shape index (κ3) is 10.5. The molecule has 0 unspecified atom stereocenters. The topological polar surface area (TPSA) is 165 Å². The molecule has 0 atom stereocenters. The lowest BCUT2D eigenvalue weighted by atomic mass is 9.89. The van der Waals surface area contributed by atoms with Crippen LogP contribution < -0.4 is 8.92 Å². The molecule has 0 spiro atoms. The van der Waals surface area contributed by atoms with E-state index < -0.39 is 10.1 Å². The first-order chi connectivity index (χ1) is 25.8. The molecule has 4 aromatic rings. The number of nitrogens with zero attached hydrogens (tertiary/aromatic N) is 1. The molecule has 280 valence electrons. The first-order valence-corrected chi connectivity index (χ1v) is 19.8. The third-order valence-electron chi connectivity index (χ3n) is 9.58. The summed E-state index contributed by atoms with van der Waals surface area (Å²) in [6.07, 6.45) is 11.0. The Hall–Kier alpha value is -5.60. The number of carbonyl (C=O) groups excluding carboxylic acids is 4. The molecule has 0 fully saturated rings. The van der Waals surface area contributed by atoms with Gasteiger partial charge in [-0.15, -0.1) is 0 Å². The van der Waals surface area contributed by atoms with E-state index >= 15 is 0 Å². The highest BCUT2D eigenvalue weighted by molar-refractivity contribution is 7.86. The molecule has 0 amide bonds. The van der Waals surface area contributed by atoms with Crippen LogP contribution in [0.3, 0.4) is 0 Å². The number of hydrogen-bond acceptors (Lipinski definition) is 10. The molecular weight excluding hydrogens is 707 g/mol. The summed E-state index contributed by atoms with van der Waals surface area (Å²) in [6.45, 7) is 0. The van der Waals surface area contributed by atoms with Crippen molar-refractivity contribution in [1.29, 1.82) is 5.26 Å². The van der Waals surface area contributed by atoms with Crippen LogP contribution in [0.4, 0.5) is 0 Å². The van der Waals surface area contributed by atoms with E-state index in [9.17, 15) is 27.6 Å². The van der Waals surface area contributed by atoms with Gasteiger partial charge >= 0.3 is 10.1 Å². The van der Waals surface area contributed by atoms with Gasteiger partial charge in [0, 0.05) is 47.9 Å². The molecule has 8 rings (SSSR count). The maximum atomic E-state index is 11.6. The van der Waals surface area contributed by atoms with Crippen molar-refractivity contribution in [3.63, 3.8) is 0 Å². The molecule has 0 radical (unpaired) electrons. The normalized spacial score (nSPS) is 15.4. The quantitative estimate of drug-likeness (QED) is 0.205. The average Bonchev–Trinajstić information content (AvgIpc) is 3.16. The zero-order chi connectivity index (χ0) is 38.8. The summed E-state index contributed by atoms with van der Waals surface area (Å²) in [5, 5.41) is 17.8. The smallest absolute Gasteiger partial charge is 0.306 e. The third-order valence-corrected chi connectivity index (χ3v) is 10.1. The van der Waals surface area contributed by atoms with E-state index in [0.29, 0.717) is 42.4 Å². The Morgan fingerprint density at radius 1 is 0.556 bits per heavy atom. The summed E-state index contributed by atoms with van der Waals surface area (Å²) in [6, 6.07) is 23.1. The van der Waals surface area contributed by atoms with Gasteiger partial charge in [0.1, 0.15) is 17.2 Å². The highest BCUT2D eigenvalue weighted by Gasteiger charge is 2.20. The predicted octanol–water partition coefficient (Wildman–Crippen LogP) is 7.75. The molecule has 4 aliphatic rings. The van der Waals surface area contributed by atoms with Crippen molar-refractivity contribution in [2.45, 2.75) is 77.0 Å². The first-order valence-electron chi connectivity index (χ1n) is 18.0. The van der Waals surface area contributed by atoms with Gasteiger partial charge < -0.3 is 14.0 Å². The highest BCUT2D eigenvalue weighted by atomic mass is 32.2. The second-order valence-electron chi connectivity index (χ2n) is 13.6. The van der Waals surface area contributed by atoms with E-state index in [-0.39, 0.29) is 34.6 Å². The fraction of sp³-hybridized carbons (Fsp3) is 0.326. The van der Waals surface area contributed by atoms with Gasteiger partial charge in [0.25, 0.3) is 0 Å². The first kappa shape index (κ1) is 39.6. The lowest BCUT2D eigenvalue weighted by Gasteiger charge is -2.15. The van der Waals surface area contributed by atoms with Crippen molar-refractivity contribution < 1.29 is 41.6 Å². The number of phenols is 1. The minimum Gasteiger partial charge on any atom is -0.508 e. The molecule has 0 heterocycles. The van der Waals surface area contributed by atoms with Crippen LogP contribution in [0.1, 0.15) is 121 Å². The summed E-state index contributed by atoms with van der Waals surface area (Å²) in [5.41, 5.74) is 7.78. The van der Waals surface area contributed by atoms with Crippen molar-refractivity contribution in [2.75, 3.05) is 13.4 Å². The van der Waals surface area contributed by atoms with Crippen LogP contribution in [-0.2, 0) is 35.8 Å². The largest absolute Gasteiger partial charge is 0.508 e. The summed E-state index contributed by atoms with van der Waals surface area (Å²) in [4.78, 5) is 45.9. The lowest BCUT2D eigenvalue weighted by molar-refractivity contribution is 0.0964. The van der Waals surface area contributed by atoms with Gasteiger partial charge in [-0.05, 0) is 122 Å². The predicted molar refractivity (Wildman–Crippen MR) is 203 cm³/mol. The van der Waals surface area contributed by atoms with Gasteiger partial charge in [-0.3, -0.25) is 19.2 Å². The molecule has 11 heteroatoms. The minimum atomic E-state index is -3.53. The molecule has 4 aromatic carbocycles. The number of nitriles is 1. The molecule has 54 heavy (non-hydrogen) atoms. The van der Waals surface area contributed by atoms with Crippen molar-refractivity contribution in [2.24, 2.45) is 0 Å². The van der Waals surface area contributed by atoms with Gasteiger partial charge in [0.2, 0.25) is 0 Å². The van der Waals surface area contributed by atoms with Gasteiger partial charge in [0.05, 0.1) is 25.0 Å². The minimum absolute atomic E-state index is 0.0557. The number of aromatic hydroxyl groups is 1. The van der Waals surface area contributed by atoms with E-state index in [4.69, 9.17) is 19.3 Å². The zero-order valence-electron chi connectivity index (χ0n) is 30.5. The number of hydrogen-bond donors (Lipinski definition) is 1. The molecule has 10 nitrogen and oxygen atoms in total. The Morgan fingerprint density at radius 3 is 1.39 bits per heavy atom. The zero-order valence-corrected chi connectivity index (χ0v) is 31.3. The van der Waals surface area contributed by atoms with Crippen molar-refractivity contribution in [3.05, 3.63) is 123 Å². The maximum absolute atomic E-state index is 11.6. The molecule has 0 saturated heterocycles. The number of methoxy groups -OCH3 is 1. The van der Waals surface area contributed by atoms with Crippen LogP contribution in [0, 0.1) is 11.3 Å². The number of aryl methyl sites for hydroxylation is 4. The number of Topliss-reactive ketones (excluding diaryl/α,β-unsaturated/α-hetero) is 4. The highest BCUT2D eigenvalue weighted by Crippen LogP contribution is 2.28. The molecule has 0 bridgehead atoms. The summed E-state index contributed by atoms with van der Waals surface area (Å²) in [7, 11) is -1.91. The van der Waals surface area contributed by atoms with Gasteiger partial charge in [-0.1, -0.05) is 24.3 Å². The maximum Gasteiger partial charge on any atom is 0.306 e. The molecule has 0 aromatic heterocycles. The van der Waals surface area contributed by atoms with Gasteiger partial charge in [-0.25, -0.2) is 0 Å². The number of carbonyl (C=O) groups is 4. The lowest BCUT2D eigenvalue weighted by Crippen LogP contribution is -2.12. The number of ketones is 4. The molecular formula is C43H43NO9S. The molecule has 1 N–H and O–H groups in total. The Morgan fingerprint density at radius 2 is 0.944 bits per heavy atom. The van der Waals surface area contributed by atoms with E-state index in [0.717, 1.165) is 96.8 Å². The van der Waals surface area contributed by atoms with E-state index in [2.05, 4.69) is 0 Å². The second kappa shape index (κ2) is 18.0. The van der Waals surface area contributed by atoms with Crippen LogP contribution in [0.2, 0.25) is 0 Å². The molecule has 0 aliphatic heterocycles. The second-order valence-corrected chi connectivity index (χ2v) is 15.1. The fourth-order valence-corrected chi connectivity index (χ4v) is 7.33. The van der Waals surface area contributed by atoms with Crippen LogP contribution >= 0.6 is 0 Å². The summed E-state index contributed by atoms with van der Waals surface area (Å²) < 4.78 is 31.7. The van der Waals surface area contributed by atoms with Gasteiger partial charge in [-0.2, -0.15) is 13.7 Å². The summed E-state index contributed by atoms with van der Waals surface area (Å²) in [5.74, 6) is 1.81. The Kier molecular flexibility index (Phi) is 13.2. The average molecular weight is 750 g/mol. The van der Waals surface area contributed by atoms with Crippen molar-refractivity contribution >= 4 is 33.3 Å². The van der Waals surface area contributed by atoms with Crippen LogP contribution in [0.15, 0.2) is 72.8 Å². The molecule has 0 saturated carbocycles. The Balaban J connectivity index is 0.000000139. The van der Waals surface area contributed by atoms with Crippen LogP contribution in [0.25, 0.3) is 0 Å². The van der Waals surface area contributed by atoms with E-state index in [1.807, 2.05) is 36.4 Å². The number of ether oxygens (including phenoxy) is 1. The number of rotatable bonds is 3. The monoisotopic (exact) mass is 749 g/mol. The number of phenolic OH excluding ortho intramolecular Hbond substituents is 1. The van der Waals surface area contributed by atoms with Crippen LogP contribution in [0.5, 0.6) is 17.2 Å². The summed E-state index contributed by atoms with van der Waals surface area (Å²) >= 11 is 0. The Labute approximate surface area is 315 Å².